The number of carbonyl (C=O) groups is 2. The zero-order valence-corrected chi connectivity index (χ0v) is 16.9. The highest BCUT2D eigenvalue weighted by molar-refractivity contribution is 7.90. The lowest BCUT2D eigenvalue weighted by atomic mass is 9.76. The number of sulfonamides is 1. The van der Waals surface area contributed by atoms with Gasteiger partial charge in [0.2, 0.25) is 10.0 Å². The molecule has 0 spiro atoms. The van der Waals surface area contributed by atoms with Crippen molar-refractivity contribution in [3.05, 3.63) is 51.7 Å². The molecule has 2 rings (SSSR count). The van der Waals surface area contributed by atoms with Gasteiger partial charge in [-0.05, 0) is 12.5 Å². The minimum atomic E-state index is -3.88. The van der Waals surface area contributed by atoms with E-state index in [0.29, 0.717) is 11.3 Å². The van der Waals surface area contributed by atoms with Gasteiger partial charge in [-0.1, -0.05) is 19.1 Å². The molecule has 1 aliphatic heterocycles. The number of Topliss-reactive ketones (excluding diaryl/α,β-unsaturated/α-hetero) is 1. The van der Waals surface area contributed by atoms with Crippen molar-refractivity contribution < 1.29 is 27.7 Å². The van der Waals surface area contributed by atoms with Gasteiger partial charge in [-0.15, -0.1) is 0 Å². The molecule has 1 aromatic rings. The molecule has 1 heterocycles. The fourth-order valence-corrected chi connectivity index (χ4v) is 4.22. The number of aliphatic imine (C=N–C) groups is 1. The third-order valence-corrected chi connectivity index (χ3v) is 5.80. The molecule has 11 heteroatoms. The van der Waals surface area contributed by atoms with Crippen LogP contribution in [0.4, 0.5) is 5.69 Å². The number of nitrogens with one attached hydrogen (secondary N) is 1. The topological polar surface area (TPSA) is 145 Å². The van der Waals surface area contributed by atoms with E-state index in [1.165, 1.54) is 37.6 Å². The van der Waals surface area contributed by atoms with Crippen molar-refractivity contribution in [1.82, 2.24) is 4.72 Å². The second kappa shape index (κ2) is 9.05. The third kappa shape index (κ3) is 5.12. The number of ketones is 1. The molecule has 0 saturated carbocycles. The Morgan fingerprint density at radius 1 is 1.34 bits per heavy atom. The van der Waals surface area contributed by atoms with Gasteiger partial charge in [-0.2, -0.15) is 0 Å². The molecule has 0 bridgehead atoms. The summed E-state index contributed by atoms with van der Waals surface area (Å²) in [6.45, 7) is 3.26. The number of nitro groups is 1. The zero-order valence-electron chi connectivity index (χ0n) is 16.1. The summed E-state index contributed by atoms with van der Waals surface area (Å²) in [5.41, 5.74) is 0.398. The van der Waals surface area contributed by atoms with Crippen LogP contribution >= 0.6 is 0 Å². The van der Waals surface area contributed by atoms with Crippen molar-refractivity contribution in [3.63, 3.8) is 0 Å². The van der Waals surface area contributed by atoms with E-state index in [1.54, 1.807) is 13.8 Å². The molecule has 1 aliphatic rings. The number of hydrogen-bond acceptors (Lipinski definition) is 8. The van der Waals surface area contributed by atoms with Crippen LogP contribution in [0.1, 0.15) is 25.3 Å². The first kappa shape index (κ1) is 22.4. The van der Waals surface area contributed by atoms with Gasteiger partial charge in [-0.25, -0.2) is 13.1 Å². The Bertz CT molecular complexity index is 998. The molecule has 2 unspecified atom stereocenters. The fourth-order valence-electron chi connectivity index (χ4n) is 3.16. The van der Waals surface area contributed by atoms with Crippen LogP contribution < -0.4 is 4.72 Å². The molecule has 29 heavy (non-hydrogen) atoms. The second-order valence-electron chi connectivity index (χ2n) is 6.37. The van der Waals surface area contributed by atoms with Crippen LogP contribution in [0.2, 0.25) is 0 Å². The molecule has 2 atom stereocenters. The van der Waals surface area contributed by atoms with Gasteiger partial charge in [0.15, 0.2) is 5.78 Å². The van der Waals surface area contributed by atoms with E-state index in [4.69, 9.17) is 4.74 Å². The summed E-state index contributed by atoms with van der Waals surface area (Å²) < 4.78 is 31.1. The van der Waals surface area contributed by atoms with E-state index in [2.05, 4.69) is 9.71 Å². The number of rotatable bonds is 8. The Balaban J connectivity index is 2.57. The average molecular weight is 423 g/mol. The summed E-state index contributed by atoms with van der Waals surface area (Å²) in [6, 6.07) is 5.49. The maximum absolute atomic E-state index is 12.8. The van der Waals surface area contributed by atoms with Crippen molar-refractivity contribution in [1.29, 1.82) is 0 Å². The maximum Gasteiger partial charge on any atom is 0.315 e. The minimum absolute atomic E-state index is 0.0343. The number of nitrogens with zero attached hydrogens (tertiary/aromatic N) is 2. The molecule has 0 fully saturated rings. The highest BCUT2D eigenvalue weighted by Crippen LogP contribution is 2.38. The monoisotopic (exact) mass is 423 g/mol. The number of carbonyl (C=O) groups excluding carboxylic acids is 2. The van der Waals surface area contributed by atoms with Crippen LogP contribution in [0.5, 0.6) is 0 Å². The van der Waals surface area contributed by atoms with Gasteiger partial charge >= 0.3 is 5.97 Å². The smallest absolute Gasteiger partial charge is 0.315 e. The molecule has 10 nitrogen and oxygen atoms in total. The van der Waals surface area contributed by atoms with E-state index in [9.17, 15) is 28.1 Å². The SMILES string of the molecule is CCNS(=O)(=O)CC(=O)C1=CN=C(C)C(C(=O)OC)C1c1cccc([N+](=O)[O-])c1. The molecular formula is C18H21N3O7S. The number of benzene rings is 1. The Morgan fingerprint density at radius 3 is 2.62 bits per heavy atom. The molecule has 0 aromatic heterocycles. The Labute approximate surface area is 167 Å². The number of esters is 1. The van der Waals surface area contributed by atoms with Crippen LogP contribution in [0.15, 0.2) is 41.0 Å². The predicted octanol–water partition coefficient (Wildman–Crippen LogP) is 1.33. The van der Waals surface area contributed by atoms with E-state index < -0.39 is 44.3 Å². The summed E-state index contributed by atoms with van der Waals surface area (Å²) in [4.78, 5) is 39.9. The van der Waals surface area contributed by atoms with E-state index in [1.807, 2.05) is 0 Å². The predicted molar refractivity (Wildman–Crippen MR) is 105 cm³/mol. The molecule has 1 aromatic carbocycles. The molecule has 0 amide bonds. The van der Waals surface area contributed by atoms with E-state index >= 15 is 0 Å². The molecule has 1 N–H and O–H groups in total. The van der Waals surface area contributed by atoms with Gasteiger partial charge < -0.3 is 4.74 Å². The third-order valence-electron chi connectivity index (χ3n) is 4.43. The lowest BCUT2D eigenvalue weighted by molar-refractivity contribution is -0.384. The molecule has 0 saturated heterocycles. The van der Waals surface area contributed by atoms with Crippen molar-refractivity contribution in [2.75, 3.05) is 19.4 Å². The van der Waals surface area contributed by atoms with Gasteiger partial charge in [-0.3, -0.25) is 24.7 Å². The summed E-state index contributed by atoms with van der Waals surface area (Å²) in [6.07, 6.45) is 1.21. The first-order chi connectivity index (χ1) is 13.6. The molecule has 156 valence electrons. The summed E-state index contributed by atoms with van der Waals surface area (Å²) in [5, 5.41) is 11.2. The van der Waals surface area contributed by atoms with Gasteiger partial charge in [0, 0.05) is 42.1 Å². The highest BCUT2D eigenvalue weighted by Gasteiger charge is 2.41. The Kier molecular flexibility index (Phi) is 6.98. The number of ether oxygens (including phenoxy) is 1. The van der Waals surface area contributed by atoms with Crippen LogP contribution in [0.3, 0.4) is 0 Å². The van der Waals surface area contributed by atoms with Gasteiger partial charge in [0.1, 0.15) is 11.7 Å². The number of hydrogen-bond donors (Lipinski definition) is 1. The van der Waals surface area contributed by atoms with Crippen molar-refractivity contribution >= 4 is 33.2 Å². The van der Waals surface area contributed by atoms with Gasteiger partial charge in [0.25, 0.3) is 5.69 Å². The number of allylic oxidation sites excluding steroid dienone is 1. The lowest BCUT2D eigenvalue weighted by Crippen LogP contribution is -2.37. The second-order valence-corrected chi connectivity index (χ2v) is 8.17. The summed E-state index contributed by atoms with van der Waals surface area (Å²) >= 11 is 0. The minimum Gasteiger partial charge on any atom is -0.468 e. The quantitative estimate of drug-likeness (QED) is 0.377. The standard InChI is InChI=1S/C18H21N3O7S/c1-4-20-29(26,27)10-15(22)14-9-19-11(2)16(18(23)28-3)17(14)12-6-5-7-13(8-12)21(24)25/h5-9,16-17,20H,4,10H2,1-3H3. The van der Waals surface area contributed by atoms with Crippen molar-refractivity contribution in [2.24, 2.45) is 10.9 Å². The van der Waals surface area contributed by atoms with Crippen LogP contribution in [0, 0.1) is 16.0 Å². The Morgan fingerprint density at radius 2 is 2.03 bits per heavy atom. The lowest BCUT2D eigenvalue weighted by Gasteiger charge is -2.29. The fraction of sp³-hybridized carbons (Fsp3) is 0.389. The zero-order chi connectivity index (χ0) is 21.8. The first-order valence-electron chi connectivity index (χ1n) is 8.68. The van der Waals surface area contributed by atoms with E-state index in [0.717, 1.165) is 0 Å². The van der Waals surface area contributed by atoms with Crippen molar-refractivity contribution in [2.45, 2.75) is 19.8 Å². The van der Waals surface area contributed by atoms with Crippen LogP contribution in [-0.2, 0) is 24.3 Å². The first-order valence-corrected chi connectivity index (χ1v) is 10.3. The van der Waals surface area contributed by atoms with E-state index in [-0.39, 0.29) is 17.8 Å². The summed E-state index contributed by atoms with van der Waals surface area (Å²) in [7, 11) is -2.70. The normalized spacial score (nSPS) is 19.1. The maximum atomic E-state index is 12.8. The largest absolute Gasteiger partial charge is 0.468 e. The van der Waals surface area contributed by atoms with Crippen molar-refractivity contribution in [3.8, 4) is 0 Å². The highest BCUT2D eigenvalue weighted by atomic mass is 32.2. The number of methoxy groups -OCH3 is 1. The summed E-state index contributed by atoms with van der Waals surface area (Å²) in [5.74, 6) is -4.26. The number of nitro benzene ring substituents is 1. The van der Waals surface area contributed by atoms with Crippen LogP contribution in [-0.4, -0.2) is 50.2 Å². The Hall–Kier alpha value is -2.92. The van der Waals surface area contributed by atoms with Crippen LogP contribution in [0.25, 0.3) is 0 Å². The average Bonchev–Trinajstić information content (AvgIpc) is 2.66. The molecular weight excluding hydrogens is 402 g/mol. The molecule has 0 aliphatic carbocycles. The number of non-ortho nitro benzene ring substituents is 1. The van der Waals surface area contributed by atoms with Gasteiger partial charge in [0.05, 0.1) is 12.0 Å². The molecule has 0 radical (unpaired) electrons.